The third-order valence-electron chi connectivity index (χ3n) is 4.72. The third kappa shape index (κ3) is 4.15. The van der Waals surface area contributed by atoms with E-state index in [1.807, 2.05) is 0 Å². The summed E-state index contributed by atoms with van der Waals surface area (Å²) < 4.78 is 5.18. The van der Waals surface area contributed by atoms with Crippen molar-refractivity contribution in [2.45, 2.75) is 59.0 Å². The lowest BCUT2D eigenvalue weighted by Gasteiger charge is -2.44. The second-order valence-electron chi connectivity index (χ2n) is 5.48. The maximum atomic E-state index is 12.5. The van der Waals surface area contributed by atoms with Gasteiger partial charge in [0, 0.05) is 32.6 Å². The summed E-state index contributed by atoms with van der Waals surface area (Å²) in [4.78, 5) is 12.5. The molecule has 0 aromatic rings. The van der Waals surface area contributed by atoms with Crippen molar-refractivity contribution in [1.82, 2.24) is 9.34 Å². The van der Waals surface area contributed by atoms with Gasteiger partial charge >= 0.3 is 0 Å². The van der Waals surface area contributed by atoms with Crippen molar-refractivity contribution in [1.29, 1.82) is 0 Å². The van der Waals surface area contributed by atoms with E-state index in [1.165, 1.54) is 6.42 Å². The van der Waals surface area contributed by atoms with Gasteiger partial charge in [-0.1, -0.05) is 0 Å². The lowest BCUT2D eigenvalue weighted by atomic mass is 9.99. The minimum Gasteiger partial charge on any atom is -1.00 e. The number of nitrogens with zero attached hydrogens (tertiary/aromatic N) is 2. The molecule has 1 aliphatic carbocycles. The van der Waals surface area contributed by atoms with E-state index in [-0.39, 0.29) is 24.0 Å². The molecule has 1 aliphatic rings. The molecular formula is C15H32IN2OP. The van der Waals surface area contributed by atoms with E-state index in [2.05, 4.69) is 43.7 Å². The maximum absolute atomic E-state index is 12.5. The van der Waals surface area contributed by atoms with Crippen LogP contribution in [0.5, 0.6) is 0 Å². The Morgan fingerprint density at radius 3 is 1.80 bits per heavy atom. The fourth-order valence-electron chi connectivity index (χ4n) is 3.65. The molecule has 0 radical (unpaired) electrons. The zero-order chi connectivity index (χ0) is 14.5. The van der Waals surface area contributed by atoms with Gasteiger partial charge in [-0.05, 0) is 47.0 Å². The highest BCUT2D eigenvalue weighted by Crippen LogP contribution is 2.67. The lowest BCUT2D eigenvalue weighted by molar-refractivity contribution is -0.120. The van der Waals surface area contributed by atoms with E-state index in [0.29, 0.717) is 11.4 Å². The smallest absolute Gasteiger partial charge is 0.176 e. The van der Waals surface area contributed by atoms with E-state index in [0.717, 1.165) is 45.4 Å². The second kappa shape index (κ2) is 9.70. The van der Waals surface area contributed by atoms with Crippen molar-refractivity contribution >= 4 is 13.3 Å². The van der Waals surface area contributed by atoms with Gasteiger partial charge in [-0.3, -0.25) is 4.79 Å². The molecule has 0 N–H and O–H groups in total. The highest BCUT2D eigenvalue weighted by atomic mass is 127. The van der Waals surface area contributed by atoms with Crippen molar-refractivity contribution in [2.75, 3.05) is 32.8 Å². The standard InChI is InChI=1S/C15H32N2OP.HI/c1-6-16(7-2)19(5,17(8-3)9-4)15-13-11-10-12-14(15)18;/h15H,6-13H2,1-5H3;1H/q+1;/p-1. The quantitative estimate of drug-likeness (QED) is 0.452. The van der Waals surface area contributed by atoms with E-state index in [4.69, 9.17) is 0 Å². The van der Waals surface area contributed by atoms with Gasteiger partial charge in [-0.15, -0.1) is 0 Å². The molecule has 0 aliphatic heterocycles. The fraction of sp³-hybridized carbons (Fsp3) is 0.933. The molecule has 0 amide bonds. The number of carbonyl (C=O) groups excluding carboxylic acids is 1. The van der Waals surface area contributed by atoms with Crippen molar-refractivity contribution in [3.05, 3.63) is 0 Å². The molecule has 0 aromatic carbocycles. The molecule has 0 spiro atoms. The molecule has 5 heteroatoms. The molecule has 0 heterocycles. The van der Waals surface area contributed by atoms with Gasteiger partial charge in [-0.2, -0.15) is 9.34 Å². The number of hydrogen-bond donors (Lipinski definition) is 0. The fourth-order valence-corrected chi connectivity index (χ4v) is 8.43. The zero-order valence-corrected chi connectivity index (χ0v) is 16.9. The number of carbonyl (C=O) groups is 1. The van der Waals surface area contributed by atoms with Crippen LogP contribution < -0.4 is 24.0 Å². The number of ketones is 1. The summed E-state index contributed by atoms with van der Waals surface area (Å²) in [7, 11) is -1.50. The number of Topliss-reactive ketones (excluding diaryl/α,β-unsaturated/α-hetero) is 1. The predicted molar refractivity (Wildman–Crippen MR) is 85.9 cm³/mol. The SMILES string of the molecule is CCN(CC)[P+](C)(C1CCCCC1=O)N(CC)CC.[I-]. The highest BCUT2D eigenvalue weighted by Gasteiger charge is 2.54. The average Bonchev–Trinajstić information content (AvgIpc) is 2.41. The first kappa shape index (κ1) is 20.8. The van der Waals surface area contributed by atoms with Crippen LogP contribution in [0.1, 0.15) is 53.4 Å². The molecule has 0 saturated heterocycles. The normalized spacial score (nSPS) is 20.4. The third-order valence-corrected chi connectivity index (χ3v) is 9.87. The Morgan fingerprint density at radius 2 is 1.45 bits per heavy atom. The van der Waals surface area contributed by atoms with Gasteiger partial charge in [-0.25, -0.2) is 0 Å². The molecule has 120 valence electrons. The van der Waals surface area contributed by atoms with Gasteiger partial charge in [0.05, 0.1) is 6.66 Å². The molecule has 1 unspecified atom stereocenters. The zero-order valence-electron chi connectivity index (χ0n) is 13.9. The number of rotatable bonds is 7. The summed E-state index contributed by atoms with van der Waals surface area (Å²) in [5.74, 6) is 0.529. The van der Waals surface area contributed by atoms with Gasteiger partial charge < -0.3 is 24.0 Å². The van der Waals surface area contributed by atoms with Crippen molar-refractivity contribution in [3.8, 4) is 0 Å². The van der Waals surface area contributed by atoms with Crippen LogP contribution in [0, 0.1) is 0 Å². The first-order valence-electron chi connectivity index (χ1n) is 7.95. The van der Waals surface area contributed by atoms with Crippen LogP contribution in [0.4, 0.5) is 0 Å². The second-order valence-corrected chi connectivity index (χ2v) is 9.20. The summed E-state index contributed by atoms with van der Waals surface area (Å²) in [5, 5.41) is 0. The van der Waals surface area contributed by atoms with Crippen molar-refractivity contribution < 1.29 is 28.8 Å². The van der Waals surface area contributed by atoms with E-state index in [9.17, 15) is 4.79 Å². The van der Waals surface area contributed by atoms with Gasteiger partial charge in [0.1, 0.15) is 0 Å². The first-order valence-corrected chi connectivity index (χ1v) is 10.2. The average molecular weight is 414 g/mol. The molecule has 0 bridgehead atoms. The van der Waals surface area contributed by atoms with Crippen LogP contribution in [0.15, 0.2) is 0 Å². The van der Waals surface area contributed by atoms with E-state index >= 15 is 0 Å². The van der Waals surface area contributed by atoms with Crippen LogP contribution in [-0.4, -0.2) is 53.6 Å². The Balaban J connectivity index is 0.00000361. The summed E-state index contributed by atoms with van der Waals surface area (Å²) in [6.45, 7) is 15.6. The molecule has 1 atom stereocenters. The first-order chi connectivity index (χ1) is 9.05. The minimum atomic E-state index is -1.50. The summed E-state index contributed by atoms with van der Waals surface area (Å²) in [5.41, 5.74) is 0.293. The van der Waals surface area contributed by atoms with E-state index < -0.39 is 7.56 Å². The van der Waals surface area contributed by atoms with Crippen LogP contribution in [0.25, 0.3) is 0 Å². The minimum absolute atomic E-state index is 0. The lowest BCUT2D eigenvalue weighted by Crippen LogP contribution is -3.00. The predicted octanol–water partition coefficient (Wildman–Crippen LogP) is 0.663. The van der Waals surface area contributed by atoms with E-state index in [1.54, 1.807) is 0 Å². The van der Waals surface area contributed by atoms with Crippen LogP contribution >= 0.6 is 7.56 Å². The topological polar surface area (TPSA) is 23.6 Å². The van der Waals surface area contributed by atoms with Crippen molar-refractivity contribution in [3.63, 3.8) is 0 Å². The van der Waals surface area contributed by atoms with Crippen LogP contribution in [0.2, 0.25) is 0 Å². The number of hydrogen-bond acceptors (Lipinski definition) is 3. The summed E-state index contributed by atoms with van der Waals surface area (Å²) in [6, 6.07) is 0. The van der Waals surface area contributed by atoms with Crippen molar-refractivity contribution in [2.24, 2.45) is 0 Å². The molecule has 1 rings (SSSR count). The molecule has 1 saturated carbocycles. The van der Waals surface area contributed by atoms with Crippen LogP contribution in [-0.2, 0) is 4.79 Å². The maximum Gasteiger partial charge on any atom is 0.176 e. The molecular weight excluding hydrogens is 382 g/mol. The summed E-state index contributed by atoms with van der Waals surface area (Å²) >= 11 is 0. The largest absolute Gasteiger partial charge is 1.00 e. The summed E-state index contributed by atoms with van der Waals surface area (Å²) in [6.07, 6.45) is 4.25. The van der Waals surface area contributed by atoms with Gasteiger partial charge in [0.25, 0.3) is 0 Å². The Labute approximate surface area is 143 Å². The molecule has 20 heavy (non-hydrogen) atoms. The Bertz CT molecular complexity index is 282. The number of halogens is 1. The monoisotopic (exact) mass is 414 g/mol. The van der Waals surface area contributed by atoms with Gasteiger partial charge in [0.2, 0.25) is 0 Å². The Kier molecular flexibility index (Phi) is 10.1. The Hall–Kier alpha value is 0.750. The van der Waals surface area contributed by atoms with Gasteiger partial charge in [0.15, 0.2) is 19.0 Å². The van der Waals surface area contributed by atoms with Crippen LogP contribution in [0.3, 0.4) is 0 Å². The Morgan fingerprint density at radius 1 is 1.00 bits per heavy atom. The molecule has 0 aromatic heterocycles. The highest BCUT2D eigenvalue weighted by molar-refractivity contribution is 7.72. The molecule has 1 fully saturated rings. The molecule has 3 nitrogen and oxygen atoms in total.